The van der Waals surface area contributed by atoms with Gasteiger partial charge < -0.3 is 5.11 Å². The number of carbonyl (C=O) groups excluding carboxylic acids is 4. The second-order valence-electron chi connectivity index (χ2n) is 10.5. The van der Waals surface area contributed by atoms with Crippen molar-refractivity contribution in [3.63, 3.8) is 0 Å². The number of amides is 4. The van der Waals surface area contributed by atoms with Crippen molar-refractivity contribution < 1.29 is 33.6 Å². The number of phenols is 1. The molecule has 0 aromatic heterocycles. The van der Waals surface area contributed by atoms with Crippen molar-refractivity contribution >= 4 is 58.2 Å². The highest BCUT2D eigenvalue weighted by Gasteiger charge is 2.75. The molecule has 0 spiro atoms. The molecule has 4 amide bonds. The lowest BCUT2D eigenvalue weighted by atomic mass is 9.56. The van der Waals surface area contributed by atoms with Crippen molar-refractivity contribution in [2.75, 3.05) is 11.9 Å². The number of imide groups is 2. The van der Waals surface area contributed by atoms with Gasteiger partial charge in [0.2, 0.25) is 11.8 Å². The lowest BCUT2D eigenvalue weighted by Crippen LogP contribution is -2.60. The van der Waals surface area contributed by atoms with E-state index < -0.39 is 73.5 Å². The molecule has 2 heterocycles. The van der Waals surface area contributed by atoms with Crippen molar-refractivity contribution in [2.45, 2.75) is 28.5 Å². The molecule has 6 atom stereocenters. The molecule has 2 aliphatic heterocycles. The summed E-state index contributed by atoms with van der Waals surface area (Å²) in [6.45, 7) is 0. The Kier molecular flexibility index (Phi) is 5.66. The van der Waals surface area contributed by atoms with Gasteiger partial charge in [-0.25, -0.2) is 4.39 Å². The molecule has 2 aromatic rings. The number of allylic oxidation sites excluding steroid dienone is 2. The molecule has 6 unspecified atom stereocenters. The topological polar surface area (TPSA) is 138 Å². The lowest BCUT2D eigenvalue weighted by molar-refractivity contribution is -0.384. The van der Waals surface area contributed by atoms with Crippen LogP contribution < -0.4 is 4.90 Å². The first-order valence-corrected chi connectivity index (χ1v) is 13.1. The highest BCUT2D eigenvalue weighted by atomic mass is 35.5. The average Bonchev–Trinajstić information content (AvgIpc) is 3.25. The van der Waals surface area contributed by atoms with Crippen molar-refractivity contribution in [2.24, 2.45) is 17.8 Å². The van der Waals surface area contributed by atoms with E-state index in [0.29, 0.717) is 5.57 Å². The third-order valence-electron chi connectivity index (χ3n) is 8.64. The number of hydrogen-bond donors (Lipinski definition) is 1. The normalized spacial score (nSPS) is 33.0. The maximum absolute atomic E-state index is 14.6. The van der Waals surface area contributed by atoms with E-state index in [2.05, 4.69) is 0 Å². The van der Waals surface area contributed by atoms with Crippen LogP contribution in [0.15, 0.2) is 54.1 Å². The number of halogens is 3. The van der Waals surface area contributed by atoms with Gasteiger partial charge in [-0.2, -0.15) is 0 Å². The fourth-order valence-electron chi connectivity index (χ4n) is 6.80. The number of alkyl halides is 2. The van der Waals surface area contributed by atoms with Gasteiger partial charge in [-0.05, 0) is 48.6 Å². The number of hydrogen-bond acceptors (Lipinski definition) is 7. The molecule has 2 aliphatic carbocycles. The van der Waals surface area contributed by atoms with Gasteiger partial charge in [0.1, 0.15) is 0 Å². The summed E-state index contributed by atoms with van der Waals surface area (Å²) in [5, 5.41) is 20.8. The SMILES string of the molecule is CN1C(=O)C2(Cl)CC3C(=CCC4C(=O)N(c5ccc([N+](=O)[O-])cc5)C(=O)C43)C(c3ccc(O)c(F)c3)C2(Cl)C1=O. The van der Waals surface area contributed by atoms with E-state index in [1.54, 1.807) is 6.08 Å². The predicted molar refractivity (Wildman–Crippen MR) is 139 cm³/mol. The third kappa shape index (κ3) is 3.21. The van der Waals surface area contributed by atoms with Gasteiger partial charge >= 0.3 is 0 Å². The Balaban J connectivity index is 1.48. The average molecular weight is 588 g/mol. The Morgan fingerprint density at radius 3 is 2.33 bits per heavy atom. The Labute approximate surface area is 236 Å². The number of aromatic hydroxyl groups is 1. The zero-order valence-corrected chi connectivity index (χ0v) is 22.2. The number of fused-ring (bicyclic) bond motifs is 4. The number of nitrogens with zero attached hydrogens (tertiary/aromatic N) is 3. The van der Waals surface area contributed by atoms with E-state index in [1.807, 2.05) is 0 Å². The zero-order valence-electron chi connectivity index (χ0n) is 20.7. The minimum atomic E-state index is -2.07. The Morgan fingerprint density at radius 2 is 1.70 bits per heavy atom. The molecule has 0 radical (unpaired) electrons. The maximum Gasteiger partial charge on any atom is 0.269 e. The van der Waals surface area contributed by atoms with Crippen LogP contribution in [0.1, 0.15) is 24.3 Å². The molecule has 4 aliphatic rings. The summed E-state index contributed by atoms with van der Waals surface area (Å²) in [6.07, 6.45) is 1.56. The molecule has 2 aromatic carbocycles. The fourth-order valence-corrected chi connectivity index (χ4v) is 7.82. The van der Waals surface area contributed by atoms with Crippen molar-refractivity contribution in [3.05, 3.63) is 75.6 Å². The Hall–Kier alpha value is -3.83. The van der Waals surface area contributed by atoms with E-state index in [9.17, 15) is 38.8 Å². The number of anilines is 1. The van der Waals surface area contributed by atoms with Gasteiger partial charge in [0.25, 0.3) is 17.5 Å². The Bertz CT molecular complexity index is 1580. The van der Waals surface area contributed by atoms with Crippen LogP contribution in [0.4, 0.5) is 15.8 Å². The smallest absolute Gasteiger partial charge is 0.269 e. The predicted octanol–water partition coefficient (Wildman–Crippen LogP) is 3.63. The number of benzene rings is 2. The van der Waals surface area contributed by atoms with Gasteiger partial charge in [0.15, 0.2) is 21.3 Å². The minimum Gasteiger partial charge on any atom is -0.505 e. The molecular weight excluding hydrogens is 568 g/mol. The number of carbonyl (C=O) groups is 4. The zero-order chi connectivity index (χ0) is 28.9. The van der Waals surface area contributed by atoms with Crippen LogP contribution in [0.3, 0.4) is 0 Å². The summed E-state index contributed by atoms with van der Waals surface area (Å²) in [5.74, 6) is -8.01. The second-order valence-corrected chi connectivity index (χ2v) is 11.7. The molecule has 40 heavy (non-hydrogen) atoms. The van der Waals surface area contributed by atoms with Crippen molar-refractivity contribution in [1.29, 1.82) is 0 Å². The quantitative estimate of drug-likeness (QED) is 0.190. The van der Waals surface area contributed by atoms with E-state index in [-0.39, 0.29) is 29.8 Å². The highest BCUT2D eigenvalue weighted by Crippen LogP contribution is 2.65. The molecule has 1 N–H and O–H groups in total. The molecule has 10 nitrogen and oxygen atoms in total. The van der Waals surface area contributed by atoms with E-state index >= 15 is 0 Å². The lowest BCUT2D eigenvalue weighted by Gasteiger charge is -2.50. The molecule has 2 saturated heterocycles. The van der Waals surface area contributed by atoms with Crippen LogP contribution >= 0.6 is 23.2 Å². The molecule has 0 bridgehead atoms. The maximum atomic E-state index is 14.6. The van der Waals surface area contributed by atoms with E-state index in [1.165, 1.54) is 37.4 Å². The highest BCUT2D eigenvalue weighted by molar-refractivity contribution is 6.53. The van der Waals surface area contributed by atoms with Crippen molar-refractivity contribution in [3.8, 4) is 5.75 Å². The number of likely N-dealkylation sites (tertiary alicyclic amines) is 1. The molecule has 6 rings (SSSR count). The van der Waals surface area contributed by atoms with Gasteiger partial charge in [0.05, 0.1) is 22.4 Å². The summed E-state index contributed by atoms with van der Waals surface area (Å²) < 4.78 is 14.6. The first-order valence-electron chi connectivity index (χ1n) is 12.3. The molecule has 3 fully saturated rings. The number of nitro benzene ring substituents is 1. The molecule has 13 heteroatoms. The summed E-state index contributed by atoms with van der Waals surface area (Å²) >= 11 is 14.0. The summed E-state index contributed by atoms with van der Waals surface area (Å²) in [5.41, 5.74) is 0.589. The summed E-state index contributed by atoms with van der Waals surface area (Å²) in [4.78, 5) is 62.4. The van der Waals surface area contributed by atoms with Gasteiger partial charge in [-0.1, -0.05) is 17.7 Å². The molecule has 206 valence electrons. The number of rotatable bonds is 3. The standard InChI is InChI=1S/C27H20Cl2FN3O7/c1-31-24(37)26(28)11-17-15(21(27(26,29)25(31)38)12-2-9-19(34)18(30)10-12)7-8-16-20(17)23(36)32(22(16)35)13-3-5-14(6-4-13)33(39)40/h2-7,9-10,16-17,20-21,34H,8,11H2,1H3. The van der Waals surface area contributed by atoms with Crippen LogP contribution in [0.25, 0.3) is 0 Å². The first kappa shape index (κ1) is 26.4. The monoisotopic (exact) mass is 587 g/mol. The van der Waals surface area contributed by atoms with E-state index in [0.717, 1.165) is 21.9 Å². The summed E-state index contributed by atoms with van der Waals surface area (Å²) in [7, 11) is 1.24. The van der Waals surface area contributed by atoms with Crippen LogP contribution in [-0.2, 0) is 19.2 Å². The van der Waals surface area contributed by atoms with E-state index in [4.69, 9.17) is 23.2 Å². The number of phenolic OH excluding ortho intramolecular Hbond substituents is 1. The largest absolute Gasteiger partial charge is 0.505 e. The van der Waals surface area contributed by atoms with Crippen molar-refractivity contribution in [1.82, 2.24) is 4.90 Å². The first-order chi connectivity index (χ1) is 18.8. The van der Waals surface area contributed by atoms with Crippen LogP contribution in [-0.4, -0.2) is 55.4 Å². The summed E-state index contributed by atoms with van der Waals surface area (Å²) in [6, 6.07) is 8.48. The minimum absolute atomic E-state index is 0.0991. The number of non-ortho nitro benzene ring substituents is 1. The molecule has 1 saturated carbocycles. The third-order valence-corrected chi connectivity index (χ3v) is 10.1. The Morgan fingerprint density at radius 1 is 1.02 bits per heavy atom. The van der Waals surface area contributed by atoms with Gasteiger partial charge in [-0.15, -0.1) is 23.2 Å². The number of nitro groups is 1. The second kappa shape index (κ2) is 8.58. The van der Waals surface area contributed by atoms with Gasteiger partial charge in [-0.3, -0.25) is 39.1 Å². The van der Waals surface area contributed by atoms with Crippen LogP contribution in [0, 0.1) is 33.7 Å². The van der Waals surface area contributed by atoms with Crippen LogP contribution in [0.2, 0.25) is 0 Å². The molecular formula is C27H20Cl2FN3O7. The van der Waals surface area contributed by atoms with Gasteiger partial charge in [0, 0.05) is 25.1 Å². The fraction of sp³-hybridized carbons (Fsp3) is 0.333. The van der Waals surface area contributed by atoms with Crippen LogP contribution in [0.5, 0.6) is 5.75 Å².